The molecule has 0 fully saturated rings. The van der Waals surface area contributed by atoms with Crippen molar-refractivity contribution in [3.63, 3.8) is 0 Å². The summed E-state index contributed by atoms with van der Waals surface area (Å²) in [6, 6.07) is 18.1. The maximum atomic E-state index is 9.98. The van der Waals surface area contributed by atoms with E-state index in [9.17, 15) is 5.11 Å². The molecule has 242 valence electrons. The maximum absolute atomic E-state index is 9.98. The number of aliphatic hydroxyl groups excluding tert-OH is 1. The second-order valence-corrected chi connectivity index (χ2v) is 17.5. The molecule has 44 heavy (non-hydrogen) atoms. The molecule has 0 heterocycles. The van der Waals surface area contributed by atoms with Crippen LogP contribution in [0.5, 0.6) is 23.0 Å². The van der Waals surface area contributed by atoms with Gasteiger partial charge in [0.25, 0.3) is 0 Å². The van der Waals surface area contributed by atoms with Crippen LogP contribution in [0.2, 0.25) is 16.6 Å². The summed E-state index contributed by atoms with van der Waals surface area (Å²) in [6.07, 6.45) is 1.13. The summed E-state index contributed by atoms with van der Waals surface area (Å²) in [7, 11) is 2.77. The summed E-state index contributed by atoms with van der Waals surface area (Å²) in [4.78, 5) is 0. The maximum Gasteiger partial charge on any atom is 0.200 e. The Morgan fingerprint density at radius 1 is 0.659 bits per heavy atom. The first kappa shape index (κ1) is 35.4. The van der Waals surface area contributed by atoms with Gasteiger partial charge in [-0.1, -0.05) is 71.9 Å². The molecular weight excluding hydrogens is 572 g/mol. The normalized spacial score (nSPS) is 11.8. The van der Waals surface area contributed by atoms with Crippen molar-refractivity contribution in [1.82, 2.24) is 0 Å². The zero-order chi connectivity index (χ0) is 32.3. The van der Waals surface area contributed by atoms with Crippen LogP contribution in [0.1, 0.15) is 58.2 Å². The SMILES string of the molecule is COCOc1cc(-c2cc(OC)c(OC)cc2CCO)c(CCO[Si](C(C)C)(C(C)C)C(C)C)cc1OCc1ccccc1. The topological polar surface area (TPSA) is 75.6 Å². The highest BCUT2D eigenvalue weighted by Gasteiger charge is 2.44. The van der Waals surface area contributed by atoms with Crippen molar-refractivity contribution < 1.29 is 33.2 Å². The summed E-state index contributed by atoms with van der Waals surface area (Å²) in [5.41, 5.74) is 6.41. The summed E-state index contributed by atoms with van der Waals surface area (Å²) in [5.74, 6) is 2.43. The molecule has 3 aromatic carbocycles. The molecule has 0 atom stereocenters. The molecule has 0 aromatic heterocycles. The molecule has 0 bridgehead atoms. The molecule has 0 saturated carbocycles. The van der Waals surface area contributed by atoms with Gasteiger partial charge in [0, 0.05) is 20.3 Å². The van der Waals surface area contributed by atoms with E-state index < -0.39 is 8.32 Å². The lowest BCUT2D eigenvalue weighted by Crippen LogP contribution is -2.48. The summed E-state index contributed by atoms with van der Waals surface area (Å²) in [6.45, 7) is 14.9. The molecule has 8 heteroatoms. The van der Waals surface area contributed by atoms with Crippen LogP contribution in [0.3, 0.4) is 0 Å². The fourth-order valence-corrected chi connectivity index (χ4v) is 11.9. The zero-order valence-corrected chi connectivity index (χ0v) is 29.1. The Balaban J connectivity index is 2.17. The van der Waals surface area contributed by atoms with Gasteiger partial charge in [-0.05, 0) is 81.5 Å². The van der Waals surface area contributed by atoms with Crippen LogP contribution in [-0.4, -0.2) is 54.8 Å². The quantitative estimate of drug-likeness (QED) is 0.113. The molecular formula is C36H52O7Si. The molecule has 0 radical (unpaired) electrons. The van der Waals surface area contributed by atoms with Gasteiger partial charge in [-0.25, -0.2) is 0 Å². The number of methoxy groups -OCH3 is 3. The molecule has 1 N–H and O–H groups in total. The first-order valence-electron chi connectivity index (χ1n) is 15.6. The molecule has 0 aliphatic rings. The lowest BCUT2D eigenvalue weighted by molar-refractivity contribution is 0.0484. The summed E-state index contributed by atoms with van der Waals surface area (Å²) < 4.78 is 36.0. The van der Waals surface area contributed by atoms with Crippen LogP contribution >= 0.6 is 0 Å². The molecule has 0 amide bonds. The van der Waals surface area contributed by atoms with E-state index in [2.05, 4.69) is 47.6 Å². The molecule has 0 aliphatic heterocycles. The van der Waals surface area contributed by atoms with Crippen molar-refractivity contribution in [2.75, 3.05) is 41.3 Å². The Labute approximate surface area is 265 Å². The second-order valence-electron chi connectivity index (χ2n) is 12.0. The third-order valence-electron chi connectivity index (χ3n) is 8.45. The van der Waals surface area contributed by atoms with Crippen molar-refractivity contribution in [2.45, 2.75) is 77.6 Å². The summed E-state index contributed by atoms with van der Waals surface area (Å²) >= 11 is 0. The van der Waals surface area contributed by atoms with Gasteiger partial charge in [-0.3, -0.25) is 0 Å². The predicted octanol–water partition coefficient (Wildman–Crippen LogP) is 8.20. The van der Waals surface area contributed by atoms with Gasteiger partial charge in [0.2, 0.25) is 0 Å². The Hall–Kier alpha value is -3.04. The third-order valence-corrected chi connectivity index (χ3v) is 14.6. The Morgan fingerprint density at radius 2 is 1.18 bits per heavy atom. The van der Waals surface area contributed by atoms with E-state index >= 15 is 0 Å². The smallest absolute Gasteiger partial charge is 0.200 e. The van der Waals surface area contributed by atoms with Gasteiger partial charge in [-0.2, -0.15) is 0 Å². The fraction of sp³-hybridized carbons (Fsp3) is 0.500. The van der Waals surface area contributed by atoms with Crippen LogP contribution in [-0.2, 0) is 28.6 Å². The van der Waals surface area contributed by atoms with Crippen molar-refractivity contribution in [3.8, 4) is 34.1 Å². The second kappa shape index (κ2) is 16.9. The van der Waals surface area contributed by atoms with Crippen molar-refractivity contribution in [1.29, 1.82) is 0 Å². The van der Waals surface area contributed by atoms with Crippen LogP contribution in [0.15, 0.2) is 54.6 Å². The van der Waals surface area contributed by atoms with Gasteiger partial charge in [0.15, 0.2) is 38.1 Å². The summed E-state index contributed by atoms with van der Waals surface area (Å²) in [5, 5.41) is 9.98. The first-order valence-corrected chi connectivity index (χ1v) is 17.7. The van der Waals surface area contributed by atoms with E-state index in [1.165, 1.54) is 0 Å². The van der Waals surface area contributed by atoms with Crippen molar-refractivity contribution in [2.24, 2.45) is 0 Å². The van der Waals surface area contributed by atoms with Gasteiger partial charge < -0.3 is 33.2 Å². The fourth-order valence-electron chi connectivity index (χ4n) is 6.48. The van der Waals surface area contributed by atoms with E-state index in [0.29, 0.717) is 65.7 Å². The first-order chi connectivity index (χ1) is 21.1. The predicted molar refractivity (Wildman–Crippen MR) is 180 cm³/mol. The van der Waals surface area contributed by atoms with E-state index in [1.807, 2.05) is 48.5 Å². The number of ether oxygens (including phenoxy) is 5. The van der Waals surface area contributed by atoms with E-state index in [-0.39, 0.29) is 13.4 Å². The molecule has 0 spiro atoms. The van der Waals surface area contributed by atoms with Crippen molar-refractivity contribution >= 4 is 8.32 Å². The van der Waals surface area contributed by atoms with E-state index in [1.54, 1.807) is 21.3 Å². The minimum absolute atomic E-state index is 0.00247. The lowest BCUT2D eigenvalue weighted by atomic mass is 9.91. The van der Waals surface area contributed by atoms with Crippen LogP contribution < -0.4 is 18.9 Å². The minimum Gasteiger partial charge on any atom is -0.493 e. The highest BCUT2D eigenvalue weighted by Crippen LogP contribution is 2.44. The molecule has 0 unspecified atom stereocenters. The van der Waals surface area contributed by atoms with Crippen LogP contribution in [0, 0.1) is 0 Å². The highest BCUT2D eigenvalue weighted by molar-refractivity contribution is 6.77. The molecule has 3 aromatic rings. The highest BCUT2D eigenvalue weighted by atomic mass is 28.4. The number of hydrogen-bond donors (Lipinski definition) is 1. The van der Waals surface area contributed by atoms with E-state index in [0.717, 1.165) is 27.8 Å². The molecule has 0 saturated heterocycles. The number of hydrogen-bond acceptors (Lipinski definition) is 7. The average Bonchev–Trinajstić information content (AvgIpc) is 3.01. The third kappa shape index (κ3) is 8.36. The molecule has 0 aliphatic carbocycles. The number of rotatable bonds is 18. The van der Waals surface area contributed by atoms with Crippen LogP contribution in [0.4, 0.5) is 0 Å². The molecule has 3 rings (SSSR count). The van der Waals surface area contributed by atoms with Gasteiger partial charge >= 0.3 is 0 Å². The molecule has 7 nitrogen and oxygen atoms in total. The monoisotopic (exact) mass is 624 g/mol. The average molecular weight is 625 g/mol. The number of aliphatic hydroxyl groups is 1. The van der Waals surface area contributed by atoms with E-state index in [4.69, 9.17) is 28.1 Å². The van der Waals surface area contributed by atoms with Crippen molar-refractivity contribution in [3.05, 3.63) is 71.3 Å². The standard InChI is InChI=1S/C36H52O7Si/c1-25(2)44(26(3)4,27(5)6)43-18-16-30-20-35(41-23-28-13-11-10-12-14-28)36(42-24-38-7)22-32(30)31-21-34(40-9)33(39-8)19-29(31)15-17-37/h10-14,19-22,25-27,37H,15-18,23-24H2,1-9H3. The zero-order valence-electron chi connectivity index (χ0n) is 28.1. The number of benzene rings is 3. The van der Waals surface area contributed by atoms with Crippen LogP contribution in [0.25, 0.3) is 11.1 Å². The Bertz CT molecular complexity index is 1290. The lowest BCUT2D eigenvalue weighted by Gasteiger charge is -2.42. The van der Waals surface area contributed by atoms with Gasteiger partial charge in [0.1, 0.15) is 6.61 Å². The van der Waals surface area contributed by atoms with Gasteiger partial charge in [0.05, 0.1) is 14.2 Å². The van der Waals surface area contributed by atoms with Gasteiger partial charge in [-0.15, -0.1) is 0 Å². The minimum atomic E-state index is -2.07. The Morgan fingerprint density at radius 3 is 1.73 bits per heavy atom. The largest absolute Gasteiger partial charge is 0.493 e. The Kier molecular flexibility index (Phi) is 13.6.